The number of hydrogen-bond acceptors (Lipinski definition) is 2. The van der Waals surface area contributed by atoms with E-state index >= 15 is 0 Å². The number of hydrogen-bond donors (Lipinski definition) is 1. The molecule has 0 fully saturated rings. The number of aromatic amines is 1. The van der Waals surface area contributed by atoms with Crippen molar-refractivity contribution in [2.75, 3.05) is 7.11 Å². The number of benzene rings is 1. The van der Waals surface area contributed by atoms with Crippen LogP contribution in [0.3, 0.4) is 0 Å². The van der Waals surface area contributed by atoms with E-state index in [-0.39, 0.29) is 11.3 Å². The molecule has 1 aromatic carbocycles. The molecule has 2 rings (SSSR count). The first-order chi connectivity index (χ1) is 8.04. The summed E-state index contributed by atoms with van der Waals surface area (Å²) in [7, 11) is 1.60. The zero-order chi connectivity index (χ0) is 12.6. The summed E-state index contributed by atoms with van der Waals surface area (Å²) in [6.45, 7) is 4.09. The molecule has 17 heavy (non-hydrogen) atoms. The van der Waals surface area contributed by atoms with Crippen molar-refractivity contribution in [3.63, 3.8) is 0 Å². The summed E-state index contributed by atoms with van der Waals surface area (Å²) >= 11 is 3.40. The molecule has 1 heterocycles. The molecule has 2 aromatic rings. The fraction of sp³-hybridized carbons (Fsp3) is 0.308. The fourth-order valence-electron chi connectivity index (χ4n) is 1.80. The molecule has 0 aliphatic heterocycles. The highest BCUT2D eigenvalue weighted by Gasteiger charge is 2.11. The highest BCUT2D eigenvalue weighted by Crippen LogP contribution is 2.28. The minimum absolute atomic E-state index is 0.00762. The predicted octanol–water partition coefficient (Wildman–Crippen LogP) is 3.42. The topological polar surface area (TPSA) is 42.1 Å². The lowest BCUT2D eigenvalue weighted by molar-refractivity contribution is 0.418. The number of ether oxygens (including phenoxy) is 1. The van der Waals surface area contributed by atoms with Crippen LogP contribution in [0, 0.1) is 0 Å². The minimum Gasteiger partial charge on any atom is -0.495 e. The Morgan fingerprint density at radius 2 is 2.06 bits per heavy atom. The van der Waals surface area contributed by atoms with E-state index in [1.165, 1.54) is 0 Å². The Morgan fingerprint density at radius 3 is 2.65 bits per heavy atom. The first-order valence-electron chi connectivity index (χ1n) is 5.44. The van der Waals surface area contributed by atoms with E-state index < -0.39 is 0 Å². The SMILES string of the molecule is COc1ccc(Br)c2c(=O)cc(C(C)C)[nH]c12. The third kappa shape index (κ3) is 2.09. The van der Waals surface area contributed by atoms with Gasteiger partial charge >= 0.3 is 0 Å². The number of pyridine rings is 1. The molecule has 0 aliphatic carbocycles. The second-order valence-corrected chi connectivity index (χ2v) is 5.10. The van der Waals surface area contributed by atoms with E-state index in [0.717, 1.165) is 15.7 Å². The van der Waals surface area contributed by atoms with Gasteiger partial charge < -0.3 is 9.72 Å². The Morgan fingerprint density at radius 1 is 1.35 bits per heavy atom. The molecule has 0 atom stereocenters. The molecule has 4 heteroatoms. The van der Waals surface area contributed by atoms with Crippen LogP contribution in [0.15, 0.2) is 27.5 Å². The maximum Gasteiger partial charge on any atom is 0.190 e. The average molecular weight is 296 g/mol. The number of nitrogens with one attached hydrogen (secondary N) is 1. The van der Waals surface area contributed by atoms with Crippen molar-refractivity contribution in [1.82, 2.24) is 4.98 Å². The molecule has 0 unspecified atom stereocenters. The summed E-state index contributed by atoms with van der Waals surface area (Å²) in [6.07, 6.45) is 0. The second kappa shape index (κ2) is 4.53. The molecular weight excluding hydrogens is 282 g/mol. The lowest BCUT2D eigenvalue weighted by Crippen LogP contribution is -2.07. The molecule has 1 aromatic heterocycles. The molecule has 0 radical (unpaired) electrons. The normalized spacial score (nSPS) is 11.1. The van der Waals surface area contributed by atoms with Gasteiger partial charge in [-0.25, -0.2) is 0 Å². The van der Waals surface area contributed by atoms with E-state index in [4.69, 9.17) is 4.74 Å². The van der Waals surface area contributed by atoms with Crippen LogP contribution in [0.1, 0.15) is 25.5 Å². The van der Waals surface area contributed by atoms with Gasteiger partial charge in [0.25, 0.3) is 0 Å². The Hall–Kier alpha value is -1.29. The zero-order valence-electron chi connectivity index (χ0n) is 10.0. The van der Waals surface area contributed by atoms with Crippen LogP contribution in [-0.2, 0) is 0 Å². The van der Waals surface area contributed by atoms with Crippen molar-refractivity contribution in [2.24, 2.45) is 0 Å². The van der Waals surface area contributed by atoms with Crippen LogP contribution in [0.5, 0.6) is 5.75 Å². The van der Waals surface area contributed by atoms with Gasteiger partial charge in [0.15, 0.2) is 5.43 Å². The van der Waals surface area contributed by atoms with Gasteiger partial charge in [0.2, 0.25) is 0 Å². The van der Waals surface area contributed by atoms with Crippen molar-refractivity contribution in [1.29, 1.82) is 0 Å². The number of H-pyrrole nitrogens is 1. The van der Waals surface area contributed by atoms with Gasteiger partial charge in [-0.15, -0.1) is 0 Å². The molecule has 0 bridgehead atoms. The van der Waals surface area contributed by atoms with Crippen LogP contribution < -0.4 is 10.2 Å². The van der Waals surface area contributed by atoms with Gasteiger partial charge in [0.1, 0.15) is 5.75 Å². The van der Waals surface area contributed by atoms with E-state index in [9.17, 15) is 4.79 Å². The predicted molar refractivity (Wildman–Crippen MR) is 72.9 cm³/mol. The molecule has 1 N–H and O–H groups in total. The van der Waals surface area contributed by atoms with Crippen molar-refractivity contribution in [3.05, 3.63) is 38.6 Å². The number of aromatic nitrogens is 1. The molecule has 0 amide bonds. The maximum atomic E-state index is 12.1. The molecule has 0 aliphatic rings. The Kier molecular flexibility index (Phi) is 3.24. The molecule has 0 saturated heterocycles. The fourth-order valence-corrected chi connectivity index (χ4v) is 2.32. The monoisotopic (exact) mass is 295 g/mol. The Labute approximate surface area is 108 Å². The Balaban J connectivity index is 2.90. The molecular formula is C13H14BrNO2. The van der Waals surface area contributed by atoms with Gasteiger partial charge in [-0.05, 0) is 34.0 Å². The van der Waals surface area contributed by atoms with Crippen LogP contribution in [0.4, 0.5) is 0 Å². The summed E-state index contributed by atoms with van der Waals surface area (Å²) in [5.74, 6) is 0.957. The lowest BCUT2D eigenvalue weighted by atomic mass is 10.1. The first-order valence-corrected chi connectivity index (χ1v) is 6.23. The van der Waals surface area contributed by atoms with Gasteiger partial charge in [-0.3, -0.25) is 4.79 Å². The van der Waals surface area contributed by atoms with E-state index in [1.807, 2.05) is 26.0 Å². The third-order valence-electron chi connectivity index (χ3n) is 2.76. The van der Waals surface area contributed by atoms with Crippen molar-refractivity contribution < 1.29 is 4.74 Å². The molecule has 90 valence electrons. The van der Waals surface area contributed by atoms with Crippen LogP contribution in [0.25, 0.3) is 10.9 Å². The summed E-state index contributed by atoms with van der Waals surface area (Å²) in [5.41, 5.74) is 1.67. The zero-order valence-corrected chi connectivity index (χ0v) is 11.6. The van der Waals surface area contributed by atoms with Crippen molar-refractivity contribution in [3.8, 4) is 5.75 Å². The van der Waals surface area contributed by atoms with Gasteiger partial charge in [0, 0.05) is 16.2 Å². The Bertz CT molecular complexity index is 617. The molecule has 0 spiro atoms. The highest BCUT2D eigenvalue weighted by atomic mass is 79.9. The van der Waals surface area contributed by atoms with Crippen molar-refractivity contribution >= 4 is 26.8 Å². The summed E-state index contributed by atoms with van der Waals surface area (Å²) in [4.78, 5) is 15.4. The van der Waals surface area contributed by atoms with Crippen LogP contribution in [0.2, 0.25) is 0 Å². The maximum absolute atomic E-state index is 12.1. The summed E-state index contributed by atoms with van der Waals surface area (Å²) < 4.78 is 6.06. The van der Waals surface area contributed by atoms with E-state index in [1.54, 1.807) is 13.2 Å². The smallest absolute Gasteiger partial charge is 0.190 e. The van der Waals surface area contributed by atoms with Gasteiger partial charge in [0.05, 0.1) is 18.0 Å². The van der Waals surface area contributed by atoms with Crippen LogP contribution >= 0.6 is 15.9 Å². The highest BCUT2D eigenvalue weighted by molar-refractivity contribution is 9.10. The van der Waals surface area contributed by atoms with Gasteiger partial charge in [-0.2, -0.15) is 0 Å². The minimum atomic E-state index is 0.00762. The number of methoxy groups -OCH3 is 1. The second-order valence-electron chi connectivity index (χ2n) is 4.24. The molecule has 3 nitrogen and oxygen atoms in total. The largest absolute Gasteiger partial charge is 0.495 e. The van der Waals surface area contributed by atoms with E-state index in [2.05, 4.69) is 20.9 Å². The van der Waals surface area contributed by atoms with E-state index in [0.29, 0.717) is 11.1 Å². The van der Waals surface area contributed by atoms with Crippen molar-refractivity contribution in [2.45, 2.75) is 19.8 Å². The number of fused-ring (bicyclic) bond motifs is 1. The summed E-state index contributed by atoms with van der Waals surface area (Å²) in [6, 6.07) is 5.31. The molecule has 0 saturated carbocycles. The average Bonchev–Trinajstić information content (AvgIpc) is 2.28. The first kappa shape index (κ1) is 12.2. The summed E-state index contributed by atoms with van der Waals surface area (Å²) in [5, 5.41) is 0.633. The quantitative estimate of drug-likeness (QED) is 0.922. The van der Waals surface area contributed by atoms with Crippen LogP contribution in [-0.4, -0.2) is 12.1 Å². The number of halogens is 1. The third-order valence-corrected chi connectivity index (χ3v) is 3.42. The standard InChI is InChI=1S/C13H14BrNO2/c1-7(2)9-6-10(16)12-8(14)4-5-11(17-3)13(12)15-9/h4-7H,1-3H3,(H,15,16). The van der Waals surface area contributed by atoms with Gasteiger partial charge in [-0.1, -0.05) is 13.8 Å². The lowest BCUT2D eigenvalue weighted by Gasteiger charge is -2.11. The number of rotatable bonds is 2.